The third-order valence-electron chi connectivity index (χ3n) is 7.53. The first-order valence-electron chi connectivity index (χ1n) is 12.9. The fourth-order valence-corrected chi connectivity index (χ4v) is 5.45. The molecule has 9 heteroatoms. The average molecular weight is 500 g/mol. The number of likely N-dealkylation sites (tertiary alicyclic amines) is 1. The van der Waals surface area contributed by atoms with Crippen LogP contribution >= 0.6 is 0 Å². The second-order valence-corrected chi connectivity index (χ2v) is 10.5. The van der Waals surface area contributed by atoms with Crippen molar-refractivity contribution in [2.24, 2.45) is 11.8 Å². The maximum absolute atomic E-state index is 13.5. The number of esters is 1. The van der Waals surface area contributed by atoms with Gasteiger partial charge in [0, 0.05) is 33.3 Å². The van der Waals surface area contributed by atoms with Crippen molar-refractivity contribution in [2.75, 3.05) is 51.3 Å². The Hall–Kier alpha value is -2.94. The largest absolute Gasteiger partial charge is 0.466 e. The van der Waals surface area contributed by atoms with Gasteiger partial charge in [0.05, 0.1) is 47.4 Å². The van der Waals surface area contributed by atoms with Crippen LogP contribution in [-0.2, 0) is 19.1 Å². The molecule has 1 aromatic rings. The predicted molar refractivity (Wildman–Crippen MR) is 134 cm³/mol. The van der Waals surface area contributed by atoms with E-state index in [4.69, 9.17) is 9.47 Å². The Kier molecular flexibility index (Phi) is 7.68. The monoisotopic (exact) mass is 499 g/mol. The van der Waals surface area contributed by atoms with Crippen molar-refractivity contribution in [3.8, 4) is 0 Å². The highest BCUT2D eigenvalue weighted by Crippen LogP contribution is 2.35. The van der Waals surface area contributed by atoms with E-state index in [2.05, 4.69) is 4.90 Å². The van der Waals surface area contributed by atoms with Crippen LogP contribution in [0.1, 0.15) is 67.2 Å². The molecule has 3 aliphatic rings. The van der Waals surface area contributed by atoms with Crippen LogP contribution in [-0.4, -0.2) is 85.5 Å². The molecule has 0 saturated carbocycles. The van der Waals surface area contributed by atoms with Gasteiger partial charge in [-0.3, -0.25) is 24.1 Å². The molecule has 2 saturated heterocycles. The summed E-state index contributed by atoms with van der Waals surface area (Å²) < 4.78 is 10.6. The number of methoxy groups -OCH3 is 1. The molecule has 0 spiro atoms. The number of nitrogens with zero attached hydrogens (tertiary/aromatic N) is 3. The highest BCUT2D eigenvalue weighted by Gasteiger charge is 2.42. The van der Waals surface area contributed by atoms with E-state index in [9.17, 15) is 19.2 Å². The molecule has 2 atom stereocenters. The van der Waals surface area contributed by atoms with Crippen molar-refractivity contribution in [1.82, 2.24) is 9.80 Å². The zero-order chi connectivity index (χ0) is 26.0. The van der Waals surface area contributed by atoms with E-state index in [0.717, 1.165) is 25.7 Å². The van der Waals surface area contributed by atoms with E-state index < -0.39 is 5.60 Å². The van der Waals surface area contributed by atoms with Crippen LogP contribution < -0.4 is 4.90 Å². The minimum Gasteiger partial charge on any atom is -0.466 e. The number of carbonyl (C=O) groups excluding carboxylic acids is 4. The molecule has 3 aliphatic heterocycles. The van der Waals surface area contributed by atoms with E-state index in [-0.39, 0.29) is 42.1 Å². The van der Waals surface area contributed by atoms with Crippen molar-refractivity contribution in [3.63, 3.8) is 0 Å². The molecule has 36 heavy (non-hydrogen) atoms. The van der Waals surface area contributed by atoms with Crippen molar-refractivity contribution in [2.45, 2.75) is 52.1 Å². The lowest BCUT2D eigenvalue weighted by atomic mass is 9.92. The molecule has 0 N–H and O–H groups in total. The van der Waals surface area contributed by atoms with Gasteiger partial charge in [-0.2, -0.15) is 0 Å². The van der Waals surface area contributed by atoms with Crippen LogP contribution in [0.15, 0.2) is 18.2 Å². The van der Waals surface area contributed by atoms with Crippen LogP contribution in [0.4, 0.5) is 5.69 Å². The van der Waals surface area contributed by atoms with Gasteiger partial charge in [0.25, 0.3) is 11.8 Å². The van der Waals surface area contributed by atoms with Crippen LogP contribution in [0.3, 0.4) is 0 Å². The van der Waals surface area contributed by atoms with Gasteiger partial charge < -0.3 is 19.3 Å². The van der Waals surface area contributed by atoms with Crippen LogP contribution in [0.5, 0.6) is 0 Å². The fourth-order valence-electron chi connectivity index (χ4n) is 5.45. The number of hydrogen-bond donors (Lipinski definition) is 0. The third-order valence-corrected chi connectivity index (χ3v) is 7.53. The average Bonchev–Trinajstić information content (AvgIpc) is 3.13. The number of imide groups is 1. The van der Waals surface area contributed by atoms with Gasteiger partial charge in [0.1, 0.15) is 0 Å². The van der Waals surface area contributed by atoms with Gasteiger partial charge in [-0.05, 0) is 58.6 Å². The normalized spacial score (nSPS) is 22.6. The highest BCUT2D eigenvalue weighted by molar-refractivity contribution is 6.23. The Bertz CT molecular complexity index is 1040. The molecule has 0 aromatic heterocycles. The van der Waals surface area contributed by atoms with Crippen LogP contribution in [0.25, 0.3) is 0 Å². The summed E-state index contributed by atoms with van der Waals surface area (Å²) in [6.07, 6.45) is 3.08. The fraction of sp³-hybridized carbons (Fsp3) is 0.630. The van der Waals surface area contributed by atoms with E-state index in [1.807, 2.05) is 19.9 Å². The molecule has 0 bridgehead atoms. The lowest BCUT2D eigenvalue weighted by molar-refractivity contribution is -0.152. The van der Waals surface area contributed by atoms with E-state index in [1.54, 1.807) is 31.1 Å². The molecule has 4 rings (SSSR count). The Balaban J connectivity index is 1.50. The van der Waals surface area contributed by atoms with Crippen molar-refractivity contribution in [3.05, 3.63) is 29.3 Å². The summed E-state index contributed by atoms with van der Waals surface area (Å²) in [5.41, 5.74) is 0.838. The maximum Gasteiger partial charge on any atom is 0.310 e. The molecule has 0 aliphatic carbocycles. The Labute approximate surface area is 212 Å². The zero-order valence-electron chi connectivity index (χ0n) is 21.7. The number of piperidine rings is 2. The lowest BCUT2D eigenvalue weighted by Crippen LogP contribution is -2.49. The topological polar surface area (TPSA) is 96.5 Å². The summed E-state index contributed by atoms with van der Waals surface area (Å²) >= 11 is 0. The van der Waals surface area contributed by atoms with Gasteiger partial charge in [-0.25, -0.2) is 0 Å². The Morgan fingerprint density at radius 1 is 1.03 bits per heavy atom. The number of carbonyl (C=O) groups is 4. The first kappa shape index (κ1) is 26.1. The summed E-state index contributed by atoms with van der Waals surface area (Å²) in [6, 6.07) is 5.35. The van der Waals surface area contributed by atoms with E-state index >= 15 is 0 Å². The molecule has 9 nitrogen and oxygen atoms in total. The second kappa shape index (κ2) is 10.6. The summed E-state index contributed by atoms with van der Waals surface area (Å²) in [7, 11) is 1.56. The molecule has 0 radical (unpaired) electrons. The number of amides is 3. The lowest BCUT2D eigenvalue weighted by Gasteiger charge is -2.39. The summed E-state index contributed by atoms with van der Waals surface area (Å²) in [4.78, 5) is 57.3. The van der Waals surface area contributed by atoms with Crippen LogP contribution in [0.2, 0.25) is 0 Å². The smallest absolute Gasteiger partial charge is 0.310 e. The molecule has 1 aromatic carbocycles. The second-order valence-electron chi connectivity index (χ2n) is 10.5. The predicted octanol–water partition coefficient (Wildman–Crippen LogP) is 2.73. The van der Waals surface area contributed by atoms with Crippen molar-refractivity contribution < 1.29 is 28.7 Å². The van der Waals surface area contributed by atoms with Gasteiger partial charge in [0.2, 0.25) is 5.91 Å². The minimum atomic E-state index is -0.661. The van der Waals surface area contributed by atoms with E-state index in [0.29, 0.717) is 49.6 Å². The molecule has 3 amide bonds. The Morgan fingerprint density at radius 2 is 1.75 bits per heavy atom. The molecule has 196 valence electrons. The standard InChI is InChI=1S/C27H37N3O6/c1-5-36-26(34)19-10-8-14-29(16-19)23(31)18-9-7-13-28(15-18)21-12-6-11-20-22(21)25(33)30(24(20)32)17-27(2,3)35-4/h6,11-12,18-19H,5,7-10,13-17H2,1-4H3/t18-,19+/m1/s1. The number of anilines is 1. The molecule has 3 heterocycles. The molecule has 0 unspecified atom stereocenters. The maximum atomic E-state index is 13.5. The summed E-state index contributed by atoms with van der Waals surface area (Å²) in [6.45, 7) is 8.18. The number of hydrogen-bond acceptors (Lipinski definition) is 7. The summed E-state index contributed by atoms with van der Waals surface area (Å²) in [5.74, 6) is -1.32. The first-order valence-corrected chi connectivity index (χ1v) is 12.9. The zero-order valence-corrected chi connectivity index (χ0v) is 21.7. The number of benzene rings is 1. The van der Waals surface area contributed by atoms with Crippen molar-refractivity contribution in [1.29, 1.82) is 0 Å². The molecular weight excluding hydrogens is 462 g/mol. The quantitative estimate of drug-likeness (QED) is 0.420. The number of ether oxygens (including phenoxy) is 2. The summed E-state index contributed by atoms with van der Waals surface area (Å²) in [5, 5.41) is 0. The van der Waals surface area contributed by atoms with Crippen molar-refractivity contribution >= 4 is 29.4 Å². The van der Waals surface area contributed by atoms with Gasteiger partial charge >= 0.3 is 5.97 Å². The van der Waals surface area contributed by atoms with Gasteiger partial charge in [0.15, 0.2) is 0 Å². The number of fused-ring (bicyclic) bond motifs is 1. The van der Waals surface area contributed by atoms with Gasteiger partial charge in [-0.1, -0.05) is 6.07 Å². The third kappa shape index (κ3) is 5.12. The minimum absolute atomic E-state index is 0.0483. The van der Waals surface area contributed by atoms with Crippen LogP contribution in [0, 0.1) is 11.8 Å². The molecule has 2 fully saturated rings. The Morgan fingerprint density at radius 3 is 2.47 bits per heavy atom. The SMILES string of the molecule is CCOC(=O)[C@H]1CCCN(C(=O)[C@@H]2CCCN(c3cccc4c3C(=O)N(CC(C)(C)OC)C4=O)C2)C1. The molecular formula is C27H37N3O6. The first-order chi connectivity index (χ1) is 17.2. The number of rotatable bonds is 7. The van der Waals surface area contributed by atoms with E-state index in [1.165, 1.54) is 4.90 Å². The highest BCUT2D eigenvalue weighted by atomic mass is 16.5. The van der Waals surface area contributed by atoms with Gasteiger partial charge in [-0.15, -0.1) is 0 Å².